The summed E-state index contributed by atoms with van der Waals surface area (Å²) in [4.78, 5) is 9.60. The molecule has 0 aromatic heterocycles. The van der Waals surface area contributed by atoms with Crippen LogP contribution >= 0.6 is 12.2 Å². The maximum atomic E-state index is 9.60. The summed E-state index contributed by atoms with van der Waals surface area (Å²) in [5, 5.41) is 8.01. The standard InChI is InChI=1S/C4H6O2.C3H7NOS/c1-3(2)4(5)6;1-2-5-3(4)6/h1H2,2H3,(H,5,6);2H2,1H3,(H2,4,6). The molecule has 0 unspecified atom stereocenters. The topological polar surface area (TPSA) is 72.5 Å². The van der Waals surface area contributed by atoms with Gasteiger partial charge in [-0.2, -0.15) is 0 Å². The Morgan fingerprint density at radius 1 is 1.75 bits per heavy atom. The molecule has 0 radical (unpaired) electrons. The van der Waals surface area contributed by atoms with Gasteiger partial charge >= 0.3 is 5.97 Å². The lowest BCUT2D eigenvalue weighted by Gasteiger charge is -1.93. The van der Waals surface area contributed by atoms with Crippen molar-refractivity contribution < 1.29 is 14.6 Å². The highest BCUT2D eigenvalue weighted by Crippen LogP contribution is 1.81. The zero-order valence-electron chi connectivity index (χ0n) is 7.16. The van der Waals surface area contributed by atoms with E-state index < -0.39 is 5.97 Å². The van der Waals surface area contributed by atoms with Gasteiger partial charge < -0.3 is 15.6 Å². The van der Waals surface area contributed by atoms with E-state index in [9.17, 15) is 4.79 Å². The Bertz CT molecular complexity index is 167. The first-order chi connectivity index (χ1) is 5.41. The van der Waals surface area contributed by atoms with Crippen LogP contribution in [-0.2, 0) is 9.53 Å². The van der Waals surface area contributed by atoms with Gasteiger partial charge in [0.1, 0.15) is 0 Å². The van der Waals surface area contributed by atoms with Crippen molar-refractivity contribution >= 4 is 23.4 Å². The second-order valence-electron chi connectivity index (χ2n) is 1.84. The van der Waals surface area contributed by atoms with Gasteiger partial charge in [-0.1, -0.05) is 6.58 Å². The Hall–Kier alpha value is -1.10. The second kappa shape index (κ2) is 8.00. The van der Waals surface area contributed by atoms with Gasteiger partial charge in [-0.15, -0.1) is 0 Å². The Balaban J connectivity index is 0. The number of hydrogen-bond acceptors (Lipinski definition) is 3. The highest BCUT2D eigenvalue weighted by Gasteiger charge is 1.90. The molecule has 0 bridgehead atoms. The zero-order valence-corrected chi connectivity index (χ0v) is 7.98. The van der Waals surface area contributed by atoms with E-state index in [4.69, 9.17) is 10.8 Å². The first-order valence-electron chi connectivity index (χ1n) is 3.22. The van der Waals surface area contributed by atoms with Gasteiger partial charge in [0.2, 0.25) is 0 Å². The van der Waals surface area contributed by atoms with Gasteiger partial charge in [0.15, 0.2) is 0 Å². The van der Waals surface area contributed by atoms with E-state index in [1.54, 1.807) is 0 Å². The Morgan fingerprint density at radius 2 is 2.08 bits per heavy atom. The third-order valence-corrected chi connectivity index (χ3v) is 0.770. The third-order valence-electron chi connectivity index (χ3n) is 0.652. The van der Waals surface area contributed by atoms with Crippen molar-refractivity contribution in [2.75, 3.05) is 6.61 Å². The summed E-state index contributed by atoms with van der Waals surface area (Å²) in [5.41, 5.74) is 5.09. The average Bonchev–Trinajstić information content (AvgIpc) is 1.87. The molecule has 0 aliphatic rings. The monoisotopic (exact) mass is 191 g/mol. The van der Waals surface area contributed by atoms with Gasteiger partial charge in [0, 0.05) is 5.57 Å². The molecule has 4 nitrogen and oxygen atoms in total. The molecule has 12 heavy (non-hydrogen) atoms. The Labute approximate surface area is 77.0 Å². The number of nitrogens with two attached hydrogens (primary N) is 1. The summed E-state index contributed by atoms with van der Waals surface area (Å²) in [6.07, 6.45) is 0. The molecule has 0 aromatic rings. The van der Waals surface area contributed by atoms with Crippen molar-refractivity contribution in [3.63, 3.8) is 0 Å². The summed E-state index contributed by atoms with van der Waals surface area (Å²) in [7, 11) is 0. The molecular formula is C7H13NO3S. The van der Waals surface area contributed by atoms with Crippen LogP contribution in [0.15, 0.2) is 12.2 Å². The molecule has 0 rings (SSSR count). The number of ether oxygens (including phenoxy) is 1. The van der Waals surface area contributed by atoms with E-state index >= 15 is 0 Å². The number of thiocarbonyl (C=S) groups is 1. The highest BCUT2D eigenvalue weighted by molar-refractivity contribution is 7.80. The van der Waals surface area contributed by atoms with Gasteiger partial charge in [-0.05, 0) is 26.1 Å². The molecule has 0 saturated carbocycles. The molecule has 0 amide bonds. The van der Waals surface area contributed by atoms with Crippen molar-refractivity contribution in [2.45, 2.75) is 13.8 Å². The maximum Gasteiger partial charge on any atom is 0.330 e. The van der Waals surface area contributed by atoms with E-state index in [2.05, 4.69) is 23.5 Å². The van der Waals surface area contributed by atoms with E-state index in [0.717, 1.165) is 0 Å². The lowest BCUT2D eigenvalue weighted by molar-refractivity contribution is -0.132. The number of carbonyl (C=O) groups is 1. The number of aliphatic carboxylic acids is 1. The van der Waals surface area contributed by atoms with Crippen molar-refractivity contribution in [3.8, 4) is 0 Å². The molecule has 0 saturated heterocycles. The van der Waals surface area contributed by atoms with Crippen LogP contribution in [0.1, 0.15) is 13.8 Å². The van der Waals surface area contributed by atoms with Gasteiger partial charge in [0.05, 0.1) is 6.61 Å². The normalized spacial score (nSPS) is 7.50. The Kier molecular flexibility index (Phi) is 8.99. The van der Waals surface area contributed by atoms with Crippen molar-refractivity contribution in [1.29, 1.82) is 0 Å². The van der Waals surface area contributed by atoms with Crippen molar-refractivity contribution in [3.05, 3.63) is 12.2 Å². The minimum Gasteiger partial charge on any atom is -0.478 e. The summed E-state index contributed by atoms with van der Waals surface area (Å²) >= 11 is 4.35. The number of carboxylic acid groups (broad SMARTS) is 1. The SMILES string of the molecule is C=C(C)C(=O)O.CCOC(N)=S. The van der Waals surface area contributed by atoms with Crippen LogP contribution in [0.2, 0.25) is 0 Å². The van der Waals surface area contributed by atoms with Crippen LogP contribution in [0.25, 0.3) is 0 Å². The third kappa shape index (κ3) is 16.0. The van der Waals surface area contributed by atoms with Crippen LogP contribution in [-0.4, -0.2) is 22.9 Å². The second-order valence-corrected chi connectivity index (χ2v) is 2.24. The minimum atomic E-state index is -0.935. The lowest BCUT2D eigenvalue weighted by atomic mass is 10.4. The van der Waals surface area contributed by atoms with E-state index in [-0.39, 0.29) is 10.7 Å². The summed E-state index contributed by atoms with van der Waals surface area (Å²) < 4.78 is 4.55. The summed E-state index contributed by atoms with van der Waals surface area (Å²) in [6.45, 7) is 7.00. The maximum absolute atomic E-state index is 9.60. The fraction of sp³-hybridized carbons (Fsp3) is 0.429. The number of rotatable bonds is 2. The predicted molar refractivity (Wildman–Crippen MR) is 50.9 cm³/mol. The number of carboxylic acids is 1. The van der Waals surface area contributed by atoms with Crippen LogP contribution in [0, 0.1) is 0 Å². The molecule has 0 fully saturated rings. The van der Waals surface area contributed by atoms with E-state index in [1.165, 1.54) is 6.92 Å². The van der Waals surface area contributed by atoms with Crippen molar-refractivity contribution in [2.24, 2.45) is 5.73 Å². The van der Waals surface area contributed by atoms with Crippen LogP contribution < -0.4 is 5.73 Å². The molecule has 0 aromatic carbocycles. The summed E-state index contributed by atoms with van der Waals surface area (Å²) in [6, 6.07) is 0. The highest BCUT2D eigenvalue weighted by atomic mass is 32.1. The molecule has 0 aliphatic heterocycles. The zero-order chi connectivity index (χ0) is 10.1. The number of hydrogen-bond donors (Lipinski definition) is 2. The molecule has 0 spiro atoms. The van der Waals surface area contributed by atoms with Crippen molar-refractivity contribution in [1.82, 2.24) is 0 Å². The molecule has 0 aliphatic carbocycles. The largest absolute Gasteiger partial charge is 0.478 e. The molecule has 5 heteroatoms. The molecule has 3 N–H and O–H groups in total. The first kappa shape index (κ1) is 13.5. The molecule has 0 heterocycles. The smallest absolute Gasteiger partial charge is 0.330 e. The lowest BCUT2D eigenvalue weighted by Crippen LogP contribution is -2.11. The van der Waals surface area contributed by atoms with E-state index in [0.29, 0.717) is 6.61 Å². The minimum absolute atomic E-state index is 0.123. The van der Waals surface area contributed by atoms with Gasteiger partial charge in [0.25, 0.3) is 5.17 Å². The molecular weight excluding hydrogens is 178 g/mol. The Morgan fingerprint density at radius 3 is 2.08 bits per heavy atom. The predicted octanol–water partition coefficient (Wildman–Crippen LogP) is 0.914. The van der Waals surface area contributed by atoms with E-state index in [1.807, 2.05) is 6.92 Å². The fourth-order valence-corrected chi connectivity index (χ4v) is 0.260. The van der Waals surface area contributed by atoms with Crippen LogP contribution in [0.3, 0.4) is 0 Å². The fourth-order valence-electron chi connectivity index (χ4n) is 0.142. The van der Waals surface area contributed by atoms with Crippen LogP contribution in [0.4, 0.5) is 0 Å². The van der Waals surface area contributed by atoms with Gasteiger partial charge in [-0.3, -0.25) is 0 Å². The summed E-state index contributed by atoms with van der Waals surface area (Å²) in [5.74, 6) is -0.935. The molecule has 0 atom stereocenters. The first-order valence-corrected chi connectivity index (χ1v) is 3.63. The van der Waals surface area contributed by atoms with Crippen LogP contribution in [0.5, 0.6) is 0 Å². The van der Waals surface area contributed by atoms with Gasteiger partial charge in [-0.25, -0.2) is 4.79 Å². The quantitative estimate of drug-likeness (QED) is 0.501. The average molecular weight is 191 g/mol. The molecule has 70 valence electrons.